The van der Waals surface area contributed by atoms with Gasteiger partial charge in [0.05, 0.1) is 29.0 Å². The number of benzene rings is 1. The molecule has 1 N–H and O–H groups in total. The number of non-ortho nitro benzene ring substituents is 1. The molecule has 2 rings (SSSR count). The number of nitro groups is 1. The zero-order valence-electron chi connectivity index (χ0n) is 9.50. The van der Waals surface area contributed by atoms with Crippen LogP contribution in [0.3, 0.4) is 0 Å². The highest BCUT2D eigenvalue weighted by molar-refractivity contribution is 5.52. The Morgan fingerprint density at radius 1 is 1.56 bits per heavy atom. The van der Waals surface area contributed by atoms with Gasteiger partial charge in [0, 0.05) is 19.2 Å². The van der Waals surface area contributed by atoms with Gasteiger partial charge >= 0.3 is 0 Å². The first-order chi connectivity index (χ1) is 8.58. The quantitative estimate of drug-likeness (QED) is 0.657. The van der Waals surface area contributed by atoms with Crippen molar-refractivity contribution in [2.75, 3.05) is 5.32 Å². The van der Waals surface area contributed by atoms with Crippen molar-refractivity contribution >= 4 is 11.4 Å². The maximum Gasteiger partial charge on any atom is 0.271 e. The van der Waals surface area contributed by atoms with Crippen LogP contribution in [0.2, 0.25) is 0 Å². The monoisotopic (exact) mass is 251 g/mol. The molecule has 0 unspecified atom stereocenters. The normalized spacial score (nSPS) is 10.3. The first-order valence-electron chi connectivity index (χ1n) is 5.09. The van der Waals surface area contributed by atoms with Gasteiger partial charge in [-0.1, -0.05) is 5.21 Å². The first kappa shape index (κ1) is 12.0. The topological polar surface area (TPSA) is 85.9 Å². The Bertz CT molecular complexity index is 583. The van der Waals surface area contributed by atoms with Gasteiger partial charge in [-0.3, -0.25) is 14.8 Å². The van der Waals surface area contributed by atoms with Crippen molar-refractivity contribution in [3.05, 3.63) is 46.0 Å². The smallest absolute Gasteiger partial charge is 0.271 e. The summed E-state index contributed by atoms with van der Waals surface area (Å²) in [7, 11) is 1.70. The summed E-state index contributed by atoms with van der Waals surface area (Å²) in [5.74, 6) is -0.546. The van der Waals surface area contributed by atoms with Crippen molar-refractivity contribution in [2.24, 2.45) is 7.05 Å². The molecule has 0 aliphatic rings. The van der Waals surface area contributed by atoms with Gasteiger partial charge in [0.25, 0.3) is 5.69 Å². The van der Waals surface area contributed by atoms with E-state index in [1.165, 1.54) is 10.9 Å². The Labute approximate surface area is 101 Å². The van der Waals surface area contributed by atoms with Crippen molar-refractivity contribution < 1.29 is 9.31 Å². The molecule has 0 aliphatic carbocycles. The van der Waals surface area contributed by atoms with E-state index in [9.17, 15) is 14.5 Å². The van der Waals surface area contributed by atoms with Gasteiger partial charge in [-0.15, -0.1) is 5.10 Å². The van der Waals surface area contributed by atoms with E-state index in [1.807, 2.05) is 0 Å². The molecule has 0 amide bonds. The molecule has 0 atom stereocenters. The third-order valence-electron chi connectivity index (χ3n) is 2.43. The summed E-state index contributed by atoms with van der Waals surface area (Å²) in [5, 5.41) is 20.7. The van der Waals surface area contributed by atoms with Crippen LogP contribution in [0.5, 0.6) is 0 Å². The maximum absolute atomic E-state index is 13.4. The number of hydrogen-bond acceptors (Lipinski definition) is 5. The van der Waals surface area contributed by atoms with E-state index in [4.69, 9.17) is 0 Å². The van der Waals surface area contributed by atoms with Crippen LogP contribution in [0.25, 0.3) is 0 Å². The number of aromatic nitrogens is 3. The molecule has 0 saturated heterocycles. The summed E-state index contributed by atoms with van der Waals surface area (Å²) in [4.78, 5) is 10.0. The molecular formula is C10H10FN5O2. The van der Waals surface area contributed by atoms with E-state index >= 15 is 0 Å². The Morgan fingerprint density at radius 2 is 2.33 bits per heavy atom. The number of nitro benzene ring substituents is 1. The number of nitrogens with one attached hydrogen (secondary N) is 1. The summed E-state index contributed by atoms with van der Waals surface area (Å²) >= 11 is 0. The first-order valence-corrected chi connectivity index (χ1v) is 5.09. The van der Waals surface area contributed by atoms with Crippen molar-refractivity contribution in [1.82, 2.24) is 15.0 Å². The summed E-state index contributed by atoms with van der Waals surface area (Å²) in [6.07, 6.45) is 1.53. The molecular weight excluding hydrogens is 241 g/mol. The highest BCUT2D eigenvalue weighted by atomic mass is 19.1. The highest BCUT2D eigenvalue weighted by Crippen LogP contribution is 2.21. The van der Waals surface area contributed by atoms with E-state index in [2.05, 4.69) is 15.6 Å². The molecule has 0 radical (unpaired) electrons. The zero-order chi connectivity index (χ0) is 13.1. The van der Waals surface area contributed by atoms with Gasteiger partial charge in [0.15, 0.2) is 0 Å². The van der Waals surface area contributed by atoms with E-state index in [0.29, 0.717) is 0 Å². The zero-order valence-corrected chi connectivity index (χ0v) is 9.50. The number of halogens is 1. The molecule has 1 heterocycles. The second kappa shape index (κ2) is 4.78. The van der Waals surface area contributed by atoms with Gasteiger partial charge in [-0.05, 0) is 6.07 Å². The van der Waals surface area contributed by atoms with Crippen LogP contribution >= 0.6 is 0 Å². The second-order valence-electron chi connectivity index (χ2n) is 3.62. The fourth-order valence-corrected chi connectivity index (χ4v) is 1.42. The average Bonchev–Trinajstić information content (AvgIpc) is 2.73. The molecule has 7 nitrogen and oxygen atoms in total. The molecule has 8 heteroatoms. The van der Waals surface area contributed by atoms with Gasteiger partial charge in [-0.2, -0.15) is 0 Å². The molecule has 0 fully saturated rings. The van der Waals surface area contributed by atoms with Gasteiger partial charge in [0.2, 0.25) is 0 Å². The van der Waals surface area contributed by atoms with Crippen molar-refractivity contribution in [3.63, 3.8) is 0 Å². The predicted molar refractivity (Wildman–Crippen MR) is 61.4 cm³/mol. The van der Waals surface area contributed by atoms with Crippen LogP contribution in [0.1, 0.15) is 5.69 Å². The minimum atomic E-state index is -0.573. The third kappa shape index (κ3) is 2.42. The highest BCUT2D eigenvalue weighted by Gasteiger charge is 2.11. The van der Waals surface area contributed by atoms with Crippen LogP contribution in [-0.2, 0) is 13.6 Å². The SMILES string of the molecule is Cn1nncc1CNc1cc([N+](=O)[O-])ccc1F. The summed E-state index contributed by atoms with van der Waals surface area (Å²) in [5.41, 5.74) is 0.647. The number of aryl methyl sites for hydroxylation is 1. The molecule has 0 aliphatic heterocycles. The number of anilines is 1. The van der Waals surface area contributed by atoms with Crippen LogP contribution in [-0.4, -0.2) is 19.9 Å². The maximum atomic E-state index is 13.4. The largest absolute Gasteiger partial charge is 0.377 e. The average molecular weight is 251 g/mol. The van der Waals surface area contributed by atoms with Crippen LogP contribution in [0.4, 0.5) is 15.8 Å². The fraction of sp³-hybridized carbons (Fsp3) is 0.200. The molecule has 94 valence electrons. The fourth-order valence-electron chi connectivity index (χ4n) is 1.42. The Balaban J connectivity index is 2.16. The summed E-state index contributed by atoms with van der Waals surface area (Å²) in [6.45, 7) is 0.279. The number of nitrogens with zero attached hydrogens (tertiary/aromatic N) is 4. The standard InChI is InChI=1S/C10H10FN5O2/c1-15-8(6-13-14-15)5-12-10-4-7(16(17)18)2-3-9(10)11/h2-4,6,12H,5H2,1H3. The molecule has 0 saturated carbocycles. The van der Waals surface area contributed by atoms with Gasteiger partial charge < -0.3 is 5.32 Å². The molecule has 18 heavy (non-hydrogen) atoms. The Morgan fingerprint density at radius 3 is 2.94 bits per heavy atom. The van der Waals surface area contributed by atoms with Crippen LogP contribution < -0.4 is 5.32 Å². The van der Waals surface area contributed by atoms with Gasteiger partial charge in [0.1, 0.15) is 5.82 Å². The van der Waals surface area contributed by atoms with E-state index < -0.39 is 10.7 Å². The van der Waals surface area contributed by atoms with E-state index in [-0.39, 0.29) is 17.9 Å². The second-order valence-corrected chi connectivity index (χ2v) is 3.62. The lowest BCUT2D eigenvalue weighted by molar-refractivity contribution is -0.384. The van der Waals surface area contributed by atoms with Crippen LogP contribution in [0, 0.1) is 15.9 Å². The molecule has 2 aromatic rings. The number of rotatable bonds is 4. The lowest BCUT2D eigenvalue weighted by Crippen LogP contribution is -2.06. The minimum absolute atomic E-state index is 0.0744. The lowest BCUT2D eigenvalue weighted by atomic mass is 10.2. The molecule has 1 aromatic carbocycles. The molecule has 0 spiro atoms. The van der Waals surface area contributed by atoms with E-state index in [0.717, 1.165) is 23.9 Å². The molecule has 1 aromatic heterocycles. The van der Waals surface area contributed by atoms with Gasteiger partial charge in [-0.25, -0.2) is 4.39 Å². The van der Waals surface area contributed by atoms with Crippen molar-refractivity contribution in [1.29, 1.82) is 0 Å². The number of hydrogen-bond donors (Lipinski definition) is 1. The predicted octanol–water partition coefficient (Wildman–Crippen LogP) is 1.47. The Kier molecular flexibility index (Phi) is 3.18. The minimum Gasteiger partial charge on any atom is -0.377 e. The third-order valence-corrected chi connectivity index (χ3v) is 2.43. The Hall–Kier alpha value is -2.51. The van der Waals surface area contributed by atoms with Crippen molar-refractivity contribution in [3.8, 4) is 0 Å². The lowest BCUT2D eigenvalue weighted by Gasteiger charge is -2.06. The summed E-state index contributed by atoms with van der Waals surface area (Å²) in [6, 6.07) is 3.33. The molecule has 0 bridgehead atoms. The summed E-state index contributed by atoms with van der Waals surface area (Å²) < 4.78 is 15.0. The van der Waals surface area contributed by atoms with E-state index in [1.54, 1.807) is 7.05 Å². The van der Waals surface area contributed by atoms with Crippen molar-refractivity contribution in [2.45, 2.75) is 6.54 Å². The van der Waals surface area contributed by atoms with Crippen LogP contribution in [0.15, 0.2) is 24.4 Å².